The molecule has 10 nitrogen and oxygen atoms in total. The van der Waals surface area contributed by atoms with Gasteiger partial charge in [-0.05, 0) is 70.8 Å². The van der Waals surface area contributed by atoms with Gasteiger partial charge in [0.15, 0.2) is 0 Å². The van der Waals surface area contributed by atoms with Crippen LogP contribution in [0.2, 0.25) is 0 Å². The van der Waals surface area contributed by atoms with Crippen molar-refractivity contribution in [3.63, 3.8) is 0 Å². The van der Waals surface area contributed by atoms with Crippen LogP contribution >= 0.6 is 0 Å². The Hall–Kier alpha value is -6.70. The van der Waals surface area contributed by atoms with Gasteiger partial charge in [0.1, 0.15) is 0 Å². The maximum atomic E-state index is 13.7. The van der Waals surface area contributed by atoms with Gasteiger partial charge in [-0.3, -0.25) is 9.11 Å². The largest absolute Gasteiger partial charge is 0.364 e. The molecule has 0 saturated heterocycles. The van der Waals surface area contributed by atoms with E-state index in [1.165, 1.54) is 0 Å². The number of rotatable bonds is 6. The number of aromatic nitrogens is 4. The van der Waals surface area contributed by atoms with E-state index in [-0.39, 0.29) is 22.1 Å². The van der Waals surface area contributed by atoms with Gasteiger partial charge in [-0.2, -0.15) is 16.8 Å². The Kier molecular flexibility index (Phi) is 8.48. The first kappa shape index (κ1) is 35.0. The molecule has 5 heterocycles. The highest BCUT2D eigenvalue weighted by Gasteiger charge is 2.26. The van der Waals surface area contributed by atoms with E-state index in [1.807, 2.05) is 121 Å². The molecule has 2 N–H and O–H groups in total. The van der Waals surface area contributed by atoms with Crippen LogP contribution in [0, 0.1) is 0 Å². The average Bonchev–Trinajstić information content (AvgIpc) is 4.02. The van der Waals surface area contributed by atoms with E-state index in [0.717, 1.165) is 7.94 Å². The number of benzene rings is 4. The summed E-state index contributed by atoms with van der Waals surface area (Å²) in [6.45, 7) is 0. The molecular weight excluding hydrogens is 745 g/mol. The molecule has 274 valence electrons. The molecule has 0 fully saturated rings. The van der Waals surface area contributed by atoms with Crippen LogP contribution in [-0.4, -0.2) is 43.9 Å². The van der Waals surface area contributed by atoms with Crippen molar-refractivity contribution < 1.29 is 25.9 Å². The fourth-order valence-electron chi connectivity index (χ4n) is 7.49. The van der Waals surface area contributed by atoms with Gasteiger partial charge in [0.05, 0.1) is 44.8 Å². The molecule has 8 bridgehead atoms. The molecule has 0 radical (unpaired) electrons. The summed E-state index contributed by atoms with van der Waals surface area (Å²) in [5.41, 5.74) is 5.87. The van der Waals surface area contributed by atoms with Crippen LogP contribution in [-0.2, 0) is 20.6 Å². The highest BCUT2D eigenvalue weighted by Crippen LogP contribution is 2.40. The first-order valence-electron chi connectivity index (χ1n) is 17.5. The molecule has 0 unspecified atom stereocenters. The zero-order chi connectivity index (χ0) is 38.6. The molecule has 4 aromatic carbocycles. The fraction of sp³-hybridized carbons (Fsp3) is 0. The summed E-state index contributed by atoms with van der Waals surface area (Å²) in [7, 11) is -9.97. The Morgan fingerprint density at radius 3 is 0.750 bits per heavy atom. The van der Waals surface area contributed by atoms with Gasteiger partial charge >= 0.3 is 20.6 Å². The van der Waals surface area contributed by atoms with Crippen LogP contribution in [0.3, 0.4) is 0 Å². The quantitative estimate of drug-likeness (QED) is 0.159. The third kappa shape index (κ3) is 6.06. The lowest BCUT2D eigenvalue weighted by Gasteiger charge is -2.12. The van der Waals surface area contributed by atoms with Crippen LogP contribution in [0.25, 0.3) is 90.9 Å². The van der Waals surface area contributed by atoms with Gasteiger partial charge in [-0.1, -0.05) is 121 Å². The summed E-state index contributed by atoms with van der Waals surface area (Å²) in [5.74, 6) is 0. The SMILES string of the molecule is O=S(=O)(O)n1c2ccc1c(-c1ccccc1)c1nc(c(-c3ccccc3)c3ccc(c(-c4ccccc4)c4nc(c2-c2ccccc2)C=C4)n3S(=O)(=O)O)C=C1. The monoisotopic (exact) mass is 774 g/mol. The van der Waals surface area contributed by atoms with Crippen LogP contribution in [0.5, 0.6) is 0 Å². The van der Waals surface area contributed by atoms with Crippen LogP contribution < -0.4 is 0 Å². The van der Waals surface area contributed by atoms with Crippen molar-refractivity contribution in [1.82, 2.24) is 17.9 Å². The second-order valence-electron chi connectivity index (χ2n) is 13.1. The molecule has 0 atom stereocenters. The van der Waals surface area contributed by atoms with Gasteiger partial charge < -0.3 is 0 Å². The van der Waals surface area contributed by atoms with Gasteiger partial charge in [0.2, 0.25) is 0 Å². The lowest BCUT2D eigenvalue weighted by atomic mass is 10.0. The van der Waals surface area contributed by atoms with E-state index in [9.17, 15) is 25.9 Å². The van der Waals surface area contributed by atoms with Gasteiger partial charge in [-0.25, -0.2) is 17.9 Å². The predicted molar refractivity (Wildman–Crippen MR) is 222 cm³/mol. The smallest absolute Gasteiger partial charge is 0.269 e. The van der Waals surface area contributed by atoms with Gasteiger partial charge in [-0.15, -0.1) is 0 Å². The highest BCUT2D eigenvalue weighted by molar-refractivity contribution is 7.84. The molecule has 9 rings (SSSR count). The normalized spacial score (nSPS) is 12.6. The lowest BCUT2D eigenvalue weighted by Crippen LogP contribution is -2.12. The molecule has 56 heavy (non-hydrogen) atoms. The molecule has 2 aliphatic heterocycles. The highest BCUT2D eigenvalue weighted by atomic mass is 32.2. The van der Waals surface area contributed by atoms with E-state index < -0.39 is 20.6 Å². The predicted octanol–water partition coefficient (Wildman–Crippen LogP) is 9.57. The Morgan fingerprint density at radius 2 is 0.554 bits per heavy atom. The van der Waals surface area contributed by atoms with Crippen LogP contribution in [0.15, 0.2) is 146 Å². The number of hydrogen-bond acceptors (Lipinski definition) is 6. The Morgan fingerprint density at radius 1 is 0.339 bits per heavy atom. The second kappa shape index (κ2) is 13.6. The summed E-state index contributed by atoms with van der Waals surface area (Å²) in [5, 5.41) is 0. The third-order valence-corrected chi connectivity index (χ3v) is 11.4. The number of nitrogens with zero attached hydrogens (tertiary/aromatic N) is 4. The molecule has 0 spiro atoms. The van der Waals surface area contributed by atoms with Gasteiger partial charge in [0.25, 0.3) is 0 Å². The molecule has 2 aliphatic rings. The van der Waals surface area contributed by atoms with E-state index in [4.69, 9.17) is 9.97 Å². The molecule has 12 heteroatoms. The summed E-state index contributed by atoms with van der Waals surface area (Å²) < 4.78 is 78.8. The minimum atomic E-state index is -4.98. The number of hydrogen-bond donors (Lipinski definition) is 2. The van der Waals surface area contributed by atoms with Crippen molar-refractivity contribution in [1.29, 1.82) is 0 Å². The minimum Gasteiger partial charge on any atom is -0.269 e. The minimum absolute atomic E-state index is 0.132. The summed E-state index contributed by atoms with van der Waals surface area (Å²) in [4.78, 5) is 10.1. The molecule has 0 aliphatic carbocycles. The molecular formula is C44H30N4O6S2. The van der Waals surface area contributed by atoms with Crippen molar-refractivity contribution >= 4 is 67.0 Å². The second-order valence-corrected chi connectivity index (χ2v) is 15.6. The fourth-order valence-corrected chi connectivity index (χ4v) is 9.09. The maximum Gasteiger partial charge on any atom is 0.364 e. The van der Waals surface area contributed by atoms with E-state index >= 15 is 0 Å². The third-order valence-electron chi connectivity index (χ3n) is 9.71. The number of fused-ring (bicyclic) bond motifs is 8. The lowest BCUT2D eigenvalue weighted by molar-refractivity contribution is 0.473. The van der Waals surface area contributed by atoms with E-state index in [1.54, 1.807) is 48.6 Å². The van der Waals surface area contributed by atoms with Crippen molar-refractivity contribution in [2.45, 2.75) is 0 Å². The van der Waals surface area contributed by atoms with E-state index in [2.05, 4.69) is 0 Å². The average molecular weight is 775 g/mol. The van der Waals surface area contributed by atoms with Crippen molar-refractivity contribution in [3.05, 3.63) is 168 Å². The van der Waals surface area contributed by atoms with E-state index in [0.29, 0.717) is 67.3 Å². The molecule has 3 aromatic heterocycles. The maximum absolute atomic E-state index is 13.7. The van der Waals surface area contributed by atoms with Crippen molar-refractivity contribution in [2.24, 2.45) is 0 Å². The van der Waals surface area contributed by atoms with Crippen LogP contribution in [0.4, 0.5) is 0 Å². The standard InChI is InChI=1S/C44H30N4O6S2/c49-55(50,51)47-37-25-26-38(47)43(31-17-9-3-10-18-31)35-23-24-36(46-35)44(32-19-11-4-12-20-32)40-28-27-39(48(40)56(52,53)54)42(30-15-7-2-8-16-30)34-22-21-33(45-34)41(37)29-13-5-1-6-14-29/h1-28H,(H,49,50,51)(H,52,53,54). The first-order chi connectivity index (χ1) is 27.1. The summed E-state index contributed by atoms with van der Waals surface area (Å²) in [6.07, 6.45) is 6.87. The van der Waals surface area contributed by atoms with Crippen LogP contribution in [0.1, 0.15) is 22.8 Å². The van der Waals surface area contributed by atoms with Gasteiger partial charge in [0, 0.05) is 22.3 Å². The topological polar surface area (TPSA) is 144 Å². The molecule has 7 aromatic rings. The Balaban J connectivity index is 1.62. The van der Waals surface area contributed by atoms with Crippen molar-refractivity contribution in [2.75, 3.05) is 0 Å². The zero-order valence-electron chi connectivity index (χ0n) is 29.3. The summed E-state index contributed by atoms with van der Waals surface area (Å²) in [6, 6.07) is 42.9. The van der Waals surface area contributed by atoms with Crippen molar-refractivity contribution in [3.8, 4) is 44.5 Å². The molecule has 0 amide bonds. The molecule has 0 saturated carbocycles. The Labute approximate surface area is 322 Å². The summed E-state index contributed by atoms with van der Waals surface area (Å²) >= 11 is 0. The first-order valence-corrected chi connectivity index (χ1v) is 20.3. The Bertz CT molecular complexity index is 2770. The zero-order valence-corrected chi connectivity index (χ0v) is 30.9.